The summed E-state index contributed by atoms with van der Waals surface area (Å²) in [6.07, 6.45) is 0.917. The summed E-state index contributed by atoms with van der Waals surface area (Å²) in [6, 6.07) is 14.6. The predicted octanol–water partition coefficient (Wildman–Crippen LogP) is 5.20. The first kappa shape index (κ1) is 21.4. The van der Waals surface area contributed by atoms with Crippen LogP contribution in [0.4, 0.5) is 5.69 Å². The summed E-state index contributed by atoms with van der Waals surface area (Å²) in [6.45, 7) is 8.38. The quantitative estimate of drug-likeness (QED) is 0.559. The Kier molecular flexibility index (Phi) is 6.34. The molecule has 154 valence electrons. The van der Waals surface area contributed by atoms with Crippen molar-refractivity contribution < 1.29 is 8.42 Å². The highest BCUT2D eigenvalue weighted by Gasteiger charge is 2.20. The lowest BCUT2D eigenvalue weighted by Gasteiger charge is -2.11. The number of halogens is 1. The maximum absolute atomic E-state index is 12.9. The third-order valence-corrected chi connectivity index (χ3v) is 6.51. The normalized spacial score (nSPS) is 11.8. The number of rotatable bonds is 7. The number of aromatic nitrogens is 2. The van der Waals surface area contributed by atoms with Crippen molar-refractivity contribution in [2.45, 2.75) is 45.6 Å². The van der Waals surface area contributed by atoms with E-state index in [-0.39, 0.29) is 4.90 Å². The molecule has 29 heavy (non-hydrogen) atoms. The summed E-state index contributed by atoms with van der Waals surface area (Å²) < 4.78 is 30.3. The minimum atomic E-state index is -3.70. The molecule has 0 saturated heterocycles. The maximum atomic E-state index is 12.9. The molecule has 5 nitrogen and oxygen atoms in total. The van der Waals surface area contributed by atoms with Gasteiger partial charge in [-0.15, -0.1) is 0 Å². The monoisotopic (exact) mass is 431 g/mol. The molecule has 0 aliphatic carbocycles. The van der Waals surface area contributed by atoms with Crippen molar-refractivity contribution in [1.29, 1.82) is 0 Å². The number of anilines is 1. The van der Waals surface area contributed by atoms with Gasteiger partial charge in [-0.1, -0.05) is 55.8 Å². The second-order valence-corrected chi connectivity index (χ2v) is 9.73. The Hall–Kier alpha value is -2.31. The van der Waals surface area contributed by atoms with Crippen molar-refractivity contribution in [3.8, 4) is 0 Å². The molecular formula is C22H26ClN3O2S. The van der Waals surface area contributed by atoms with E-state index in [1.807, 2.05) is 43.3 Å². The number of benzene rings is 2. The van der Waals surface area contributed by atoms with Crippen LogP contribution in [-0.2, 0) is 23.0 Å². The first-order valence-corrected chi connectivity index (χ1v) is 11.4. The summed E-state index contributed by atoms with van der Waals surface area (Å²) in [5.41, 5.74) is 3.91. The Morgan fingerprint density at radius 3 is 2.34 bits per heavy atom. The van der Waals surface area contributed by atoms with Gasteiger partial charge in [-0.25, -0.2) is 8.42 Å². The first-order chi connectivity index (χ1) is 13.7. The van der Waals surface area contributed by atoms with E-state index in [2.05, 4.69) is 23.7 Å². The van der Waals surface area contributed by atoms with E-state index in [1.165, 1.54) is 0 Å². The van der Waals surface area contributed by atoms with Gasteiger partial charge in [0.05, 0.1) is 28.5 Å². The number of hydrogen-bond donors (Lipinski definition) is 1. The fraction of sp³-hybridized carbons (Fsp3) is 0.318. The van der Waals surface area contributed by atoms with Gasteiger partial charge in [0.2, 0.25) is 0 Å². The van der Waals surface area contributed by atoms with E-state index in [0.29, 0.717) is 28.9 Å². The van der Waals surface area contributed by atoms with Crippen molar-refractivity contribution >= 4 is 27.3 Å². The van der Waals surface area contributed by atoms with Crippen molar-refractivity contribution in [3.63, 3.8) is 0 Å². The van der Waals surface area contributed by atoms with Crippen LogP contribution >= 0.6 is 11.6 Å². The molecule has 1 aromatic heterocycles. The van der Waals surface area contributed by atoms with Crippen molar-refractivity contribution in [3.05, 3.63) is 76.1 Å². The average Bonchev–Trinajstić information content (AvgIpc) is 2.91. The van der Waals surface area contributed by atoms with Crippen LogP contribution in [0.5, 0.6) is 0 Å². The zero-order chi connectivity index (χ0) is 21.2. The standard InChI is InChI=1S/C22H26ClN3O2S/c1-15(2)13-18-9-11-20(12-10-18)29(27,28)25-22-16(3)24-26(17(22)4)14-19-7-5-6-8-21(19)23/h5-12,15,25H,13-14H2,1-4H3. The van der Waals surface area contributed by atoms with Gasteiger partial charge in [-0.05, 0) is 55.5 Å². The summed E-state index contributed by atoms with van der Waals surface area (Å²) in [7, 11) is -3.70. The summed E-state index contributed by atoms with van der Waals surface area (Å²) in [4.78, 5) is 0.239. The fourth-order valence-corrected chi connectivity index (χ4v) is 4.63. The van der Waals surface area contributed by atoms with Gasteiger partial charge < -0.3 is 0 Å². The van der Waals surface area contributed by atoms with Gasteiger partial charge in [0.25, 0.3) is 10.0 Å². The molecular weight excluding hydrogens is 406 g/mol. The highest BCUT2D eigenvalue weighted by Crippen LogP contribution is 2.25. The number of aryl methyl sites for hydroxylation is 1. The lowest BCUT2D eigenvalue weighted by molar-refractivity contribution is 0.601. The van der Waals surface area contributed by atoms with E-state index < -0.39 is 10.0 Å². The Labute approximate surface area is 177 Å². The van der Waals surface area contributed by atoms with Gasteiger partial charge in [-0.2, -0.15) is 5.10 Å². The molecule has 0 radical (unpaired) electrons. The molecule has 0 saturated carbocycles. The minimum absolute atomic E-state index is 0.239. The molecule has 0 spiro atoms. The number of nitrogens with zero attached hydrogens (tertiary/aromatic N) is 2. The smallest absolute Gasteiger partial charge is 0.262 e. The Bertz CT molecular complexity index is 1100. The molecule has 3 aromatic rings. The van der Waals surface area contributed by atoms with E-state index >= 15 is 0 Å². The highest BCUT2D eigenvalue weighted by atomic mass is 35.5. The molecule has 0 atom stereocenters. The van der Waals surface area contributed by atoms with Crippen LogP contribution < -0.4 is 4.72 Å². The molecule has 0 aliphatic heterocycles. The fourth-order valence-electron chi connectivity index (χ4n) is 3.26. The van der Waals surface area contributed by atoms with E-state index in [9.17, 15) is 8.42 Å². The highest BCUT2D eigenvalue weighted by molar-refractivity contribution is 7.92. The number of hydrogen-bond acceptors (Lipinski definition) is 3. The van der Waals surface area contributed by atoms with Gasteiger partial charge >= 0.3 is 0 Å². The molecule has 7 heteroatoms. The van der Waals surface area contributed by atoms with Crippen LogP contribution in [0.1, 0.15) is 36.4 Å². The third-order valence-electron chi connectivity index (χ3n) is 4.77. The van der Waals surface area contributed by atoms with Crippen LogP contribution in [0.2, 0.25) is 5.02 Å². The average molecular weight is 432 g/mol. The predicted molar refractivity (Wildman–Crippen MR) is 118 cm³/mol. The Morgan fingerprint density at radius 1 is 1.07 bits per heavy atom. The molecule has 0 unspecified atom stereocenters. The van der Waals surface area contributed by atoms with Gasteiger partial charge in [0.15, 0.2) is 0 Å². The zero-order valence-corrected chi connectivity index (χ0v) is 18.7. The van der Waals surface area contributed by atoms with E-state index in [1.54, 1.807) is 23.7 Å². The molecule has 2 aromatic carbocycles. The first-order valence-electron chi connectivity index (χ1n) is 9.56. The Morgan fingerprint density at radius 2 is 1.72 bits per heavy atom. The number of nitrogens with one attached hydrogen (secondary N) is 1. The third kappa shape index (κ3) is 5.00. The van der Waals surface area contributed by atoms with Gasteiger partial charge in [-0.3, -0.25) is 9.40 Å². The van der Waals surface area contributed by atoms with Gasteiger partial charge in [0, 0.05) is 5.02 Å². The maximum Gasteiger partial charge on any atom is 0.262 e. The Balaban J connectivity index is 1.84. The lowest BCUT2D eigenvalue weighted by atomic mass is 10.0. The number of sulfonamides is 1. The van der Waals surface area contributed by atoms with Crippen LogP contribution in [0, 0.1) is 19.8 Å². The van der Waals surface area contributed by atoms with Crippen LogP contribution in [0.15, 0.2) is 53.4 Å². The lowest BCUT2D eigenvalue weighted by Crippen LogP contribution is -2.14. The molecule has 0 fully saturated rings. The van der Waals surface area contributed by atoms with Gasteiger partial charge in [0.1, 0.15) is 0 Å². The molecule has 0 aliphatic rings. The summed E-state index contributed by atoms with van der Waals surface area (Å²) >= 11 is 6.25. The zero-order valence-electron chi connectivity index (χ0n) is 17.1. The van der Waals surface area contributed by atoms with Crippen LogP contribution in [0.25, 0.3) is 0 Å². The second kappa shape index (κ2) is 8.59. The second-order valence-electron chi connectivity index (χ2n) is 7.64. The van der Waals surface area contributed by atoms with E-state index in [0.717, 1.165) is 23.2 Å². The molecule has 0 amide bonds. The van der Waals surface area contributed by atoms with Crippen LogP contribution in [-0.4, -0.2) is 18.2 Å². The van der Waals surface area contributed by atoms with Crippen molar-refractivity contribution in [2.75, 3.05) is 4.72 Å². The molecule has 0 bridgehead atoms. The van der Waals surface area contributed by atoms with E-state index in [4.69, 9.17) is 11.6 Å². The molecule has 1 N–H and O–H groups in total. The van der Waals surface area contributed by atoms with Crippen LogP contribution in [0.3, 0.4) is 0 Å². The largest absolute Gasteiger partial charge is 0.276 e. The summed E-state index contributed by atoms with van der Waals surface area (Å²) in [5.74, 6) is 0.518. The SMILES string of the molecule is Cc1nn(Cc2ccccc2Cl)c(C)c1NS(=O)(=O)c1ccc(CC(C)C)cc1. The minimum Gasteiger partial charge on any atom is -0.276 e. The topological polar surface area (TPSA) is 64.0 Å². The molecule has 3 rings (SSSR count). The summed E-state index contributed by atoms with van der Waals surface area (Å²) in [5, 5.41) is 5.16. The van der Waals surface area contributed by atoms with Crippen molar-refractivity contribution in [1.82, 2.24) is 9.78 Å². The van der Waals surface area contributed by atoms with Crippen molar-refractivity contribution in [2.24, 2.45) is 5.92 Å². The molecule has 1 heterocycles.